The van der Waals surface area contributed by atoms with Crippen molar-refractivity contribution in [3.63, 3.8) is 0 Å². The molecule has 0 radical (unpaired) electrons. The summed E-state index contributed by atoms with van der Waals surface area (Å²) < 4.78 is 25.9. The Morgan fingerprint density at radius 2 is 1.64 bits per heavy atom. The van der Waals surface area contributed by atoms with E-state index in [1.807, 2.05) is 44.9 Å². The molecule has 0 unspecified atom stereocenters. The molecule has 1 N–H and O–H groups in total. The van der Waals surface area contributed by atoms with Crippen LogP contribution < -0.4 is 5.32 Å². The first-order valence-corrected chi connectivity index (χ1v) is 10.6. The number of nitrogens with zero attached hydrogens (tertiary/aromatic N) is 2. The van der Waals surface area contributed by atoms with Gasteiger partial charge in [-0.2, -0.15) is 0 Å². The van der Waals surface area contributed by atoms with Gasteiger partial charge in [-0.05, 0) is 51.1 Å². The van der Waals surface area contributed by atoms with Crippen molar-refractivity contribution in [3.05, 3.63) is 59.2 Å². The van der Waals surface area contributed by atoms with Gasteiger partial charge in [0.05, 0.1) is 10.9 Å². The molecule has 6 nitrogen and oxygen atoms in total. The number of hydrogen-bond acceptors (Lipinski definition) is 4. The molecule has 7 heteroatoms. The zero-order valence-corrected chi connectivity index (χ0v) is 18.2. The Morgan fingerprint density at radius 3 is 2.21 bits per heavy atom. The second kappa shape index (κ2) is 8.86. The number of rotatable bonds is 7. The molecule has 28 heavy (non-hydrogen) atoms. The Hall–Kier alpha value is -2.22. The number of amides is 1. The van der Waals surface area contributed by atoms with E-state index in [2.05, 4.69) is 17.4 Å². The highest BCUT2D eigenvalue weighted by Crippen LogP contribution is 2.22. The molecule has 0 fully saturated rings. The van der Waals surface area contributed by atoms with Gasteiger partial charge >= 0.3 is 0 Å². The first-order valence-electron chi connectivity index (χ1n) is 9.12. The Bertz CT molecular complexity index is 938. The van der Waals surface area contributed by atoms with Crippen molar-refractivity contribution in [2.45, 2.75) is 38.3 Å². The number of nitrogens with one attached hydrogen (secondary N) is 1. The van der Waals surface area contributed by atoms with E-state index in [0.717, 1.165) is 15.4 Å². The van der Waals surface area contributed by atoms with Crippen LogP contribution in [0.1, 0.15) is 23.6 Å². The van der Waals surface area contributed by atoms with Gasteiger partial charge < -0.3 is 5.32 Å². The number of sulfonamides is 1. The van der Waals surface area contributed by atoms with Gasteiger partial charge in [-0.15, -0.1) is 0 Å². The summed E-state index contributed by atoms with van der Waals surface area (Å²) in [4.78, 5) is 14.8. The van der Waals surface area contributed by atoms with Crippen LogP contribution in [-0.4, -0.2) is 50.7 Å². The lowest BCUT2D eigenvalue weighted by Gasteiger charge is -2.24. The molecule has 0 saturated carbocycles. The van der Waals surface area contributed by atoms with Crippen LogP contribution in [0.5, 0.6) is 0 Å². The van der Waals surface area contributed by atoms with E-state index < -0.39 is 10.0 Å². The van der Waals surface area contributed by atoms with Crippen molar-refractivity contribution in [1.82, 2.24) is 9.21 Å². The molecule has 0 heterocycles. The zero-order valence-electron chi connectivity index (χ0n) is 17.4. The van der Waals surface area contributed by atoms with Crippen molar-refractivity contribution in [1.29, 1.82) is 0 Å². The predicted octanol–water partition coefficient (Wildman–Crippen LogP) is 3.01. The van der Waals surface area contributed by atoms with Gasteiger partial charge in [0.1, 0.15) is 0 Å². The highest BCUT2D eigenvalue weighted by Gasteiger charge is 2.21. The van der Waals surface area contributed by atoms with E-state index >= 15 is 0 Å². The lowest BCUT2D eigenvalue weighted by atomic mass is 10.1. The average molecular weight is 404 g/mol. The molecule has 0 aliphatic heterocycles. The summed E-state index contributed by atoms with van der Waals surface area (Å²) in [6.07, 6.45) is 0. The van der Waals surface area contributed by atoms with Crippen LogP contribution >= 0.6 is 0 Å². The summed E-state index contributed by atoms with van der Waals surface area (Å²) in [6, 6.07) is 12.6. The van der Waals surface area contributed by atoms with Gasteiger partial charge in [-0.3, -0.25) is 9.69 Å². The third-order valence-corrected chi connectivity index (χ3v) is 6.65. The minimum Gasteiger partial charge on any atom is -0.324 e. The van der Waals surface area contributed by atoms with Crippen LogP contribution in [0.25, 0.3) is 0 Å². The van der Waals surface area contributed by atoms with Crippen LogP contribution in [0, 0.1) is 13.8 Å². The summed E-state index contributed by atoms with van der Waals surface area (Å²) in [7, 11) is 1.29. The molecule has 0 saturated heterocycles. The molecule has 0 aliphatic carbocycles. The van der Waals surface area contributed by atoms with E-state index in [9.17, 15) is 13.2 Å². The predicted molar refractivity (Wildman–Crippen MR) is 113 cm³/mol. The van der Waals surface area contributed by atoms with Crippen LogP contribution in [0.3, 0.4) is 0 Å². The fourth-order valence-electron chi connectivity index (χ4n) is 2.66. The van der Waals surface area contributed by atoms with Crippen molar-refractivity contribution < 1.29 is 13.2 Å². The van der Waals surface area contributed by atoms with Gasteiger partial charge in [0.2, 0.25) is 15.9 Å². The zero-order chi connectivity index (χ0) is 21.1. The average Bonchev–Trinajstić information content (AvgIpc) is 2.64. The van der Waals surface area contributed by atoms with Crippen LogP contribution in [0.2, 0.25) is 0 Å². The minimum absolute atomic E-state index is 0.152. The summed E-state index contributed by atoms with van der Waals surface area (Å²) in [6.45, 7) is 6.35. The molecule has 1 amide bonds. The monoisotopic (exact) mass is 403 g/mol. The van der Waals surface area contributed by atoms with Crippen LogP contribution in [0.4, 0.5) is 5.69 Å². The third kappa shape index (κ3) is 5.19. The van der Waals surface area contributed by atoms with E-state index in [0.29, 0.717) is 12.2 Å². The molecule has 0 aromatic heterocycles. The van der Waals surface area contributed by atoms with E-state index in [1.165, 1.54) is 25.7 Å². The molecule has 2 aromatic rings. The second-order valence-corrected chi connectivity index (χ2v) is 9.48. The first-order chi connectivity index (χ1) is 13.0. The highest BCUT2D eigenvalue weighted by atomic mass is 32.2. The Kier molecular flexibility index (Phi) is 6.98. The van der Waals surface area contributed by atoms with Gasteiger partial charge in [0.15, 0.2) is 0 Å². The number of benzene rings is 2. The number of carbonyl (C=O) groups is 1. The Labute approximate surface area is 168 Å². The third-order valence-electron chi connectivity index (χ3n) is 4.84. The molecule has 0 aliphatic rings. The molecule has 0 spiro atoms. The summed E-state index contributed by atoms with van der Waals surface area (Å²) in [5, 5.41) is 2.87. The van der Waals surface area contributed by atoms with E-state index in [4.69, 9.17) is 0 Å². The lowest BCUT2D eigenvalue weighted by molar-refractivity contribution is -0.120. The fraction of sp³-hybridized carbons (Fsp3) is 0.381. The second-order valence-electron chi connectivity index (χ2n) is 7.33. The largest absolute Gasteiger partial charge is 0.324 e. The molecule has 2 rings (SSSR count). The maximum Gasteiger partial charge on any atom is 0.242 e. The fourth-order valence-corrected chi connectivity index (χ4v) is 3.59. The smallest absolute Gasteiger partial charge is 0.242 e. The summed E-state index contributed by atoms with van der Waals surface area (Å²) in [5.74, 6) is -0.183. The number of hydrogen-bond donors (Lipinski definition) is 1. The molecule has 2 aromatic carbocycles. The standard InChI is InChI=1S/C21H29N3O3S/c1-15-7-10-18(11-8-15)14-24(6)17(3)21(25)22-20-13-19(12-9-16(20)2)28(26,27)23(4)5/h7-13,17H,14H2,1-6H3,(H,22,25)/t17-/m1/s1. The van der Waals surface area contributed by atoms with Crippen molar-refractivity contribution in [2.24, 2.45) is 0 Å². The molecule has 1 atom stereocenters. The first kappa shape index (κ1) is 22.1. The quantitative estimate of drug-likeness (QED) is 0.772. The molecular weight excluding hydrogens is 374 g/mol. The summed E-state index contributed by atoms with van der Waals surface area (Å²) >= 11 is 0. The van der Waals surface area contributed by atoms with E-state index in [1.54, 1.807) is 12.1 Å². The van der Waals surface area contributed by atoms with Crippen molar-refractivity contribution in [3.8, 4) is 0 Å². The van der Waals surface area contributed by atoms with Crippen LogP contribution in [0.15, 0.2) is 47.4 Å². The van der Waals surface area contributed by atoms with Gasteiger partial charge in [0, 0.05) is 26.3 Å². The van der Waals surface area contributed by atoms with E-state index in [-0.39, 0.29) is 16.8 Å². The van der Waals surface area contributed by atoms with Crippen molar-refractivity contribution >= 4 is 21.6 Å². The lowest BCUT2D eigenvalue weighted by Crippen LogP contribution is -2.39. The van der Waals surface area contributed by atoms with Gasteiger partial charge in [-0.25, -0.2) is 12.7 Å². The minimum atomic E-state index is -3.56. The SMILES string of the molecule is Cc1ccc(CN(C)[C@H](C)C(=O)Nc2cc(S(=O)(=O)N(C)C)ccc2C)cc1. The number of anilines is 1. The number of likely N-dealkylation sites (N-methyl/N-ethyl adjacent to an activating group) is 1. The maximum atomic E-state index is 12.7. The number of carbonyl (C=O) groups excluding carboxylic acids is 1. The highest BCUT2D eigenvalue weighted by molar-refractivity contribution is 7.89. The normalized spacial score (nSPS) is 13.0. The van der Waals surface area contributed by atoms with Gasteiger partial charge in [0.25, 0.3) is 0 Å². The number of aryl methyl sites for hydroxylation is 2. The summed E-state index contributed by atoms with van der Waals surface area (Å²) in [5.41, 5.74) is 3.63. The Morgan fingerprint density at radius 1 is 1.04 bits per heavy atom. The van der Waals surface area contributed by atoms with Gasteiger partial charge in [-0.1, -0.05) is 35.9 Å². The maximum absolute atomic E-state index is 12.7. The molecular formula is C21H29N3O3S. The van der Waals surface area contributed by atoms with Crippen LogP contribution in [-0.2, 0) is 21.4 Å². The topological polar surface area (TPSA) is 69.7 Å². The molecule has 152 valence electrons. The molecule has 0 bridgehead atoms. The Balaban J connectivity index is 2.13. The van der Waals surface area contributed by atoms with Crippen molar-refractivity contribution in [2.75, 3.05) is 26.5 Å².